The first-order valence-corrected chi connectivity index (χ1v) is 8.96. The van der Waals surface area contributed by atoms with E-state index in [-0.39, 0.29) is 17.8 Å². The summed E-state index contributed by atoms with van der Waals surface area (Å²) in [6, 6.07) is 9.55. The minimum Gasteiger partial charge on any atom is -0.345 e. The number of nitrogens with zero attached hydrogens (tertiary/aromatic N) is 4. The SMILES string of the molecule is Cc1c(C(C)NC(=O)c2ccc3nc(-c4ccc(F)cc4)cn3c2)cnn1C. The summed E-state index contributed by atoms with van der Waals surface area (Å²) < 4.78 is 16.7. The number of pyridine rings is 1. The van der Waals surface area contributed by atoms with Gasteiger partial charge in [0, 0.05) is 36.3 Å². The highest BCUT2D eigenvalue weighted by Crippen LogP contribution is 2.21. The summed E-state index contributed by atoms with van der Waals surface area (Å²) in [4.78, 5) is 17.2. The first kappa shape index (κ1) is 17.9. The van der Waals surface area contributed by atoms with Crippen molar-refractivity contribution >= 4 is 11.6 Å². The maximum Gasteiger partial charge on any atom is 0.253 e. The molecule has 0 aliphatic rings. The van der Waals surface area contributed by atoms with Crippen LogP contribution >= 0.6 is 0 Å². The number of rotatable bonds is 4. The molecule has 0 aliphatic carbocycles. The molecule has 4 rings (SSSR count). The summed E-state index contributed by atoms with van der Waals surface area (Å²) in [5.74, 6) is -0.459. The number of aromatic nitrogens is 4. The van der Waals surface area contributed by atoms with Gasteiger partial charge in [-0.05, 0) is 50.2 Å². The second-order valence-corrected chi connectivity index (χ2v) is 6.82. The number of carbonyl (C=O) groups is 1. The van der Waals surface area contributed by atoms with Gasteiger partial charge in [-0.1, -0.05) is 0 Å². The normalized spacial score (nSPS) is 12.3. The van der Waals surface area contributed by atoms with Gasteiger partial charge in [0.25, 0.3) is 5.91 Å². The van der Waals surface area contributed by atoms with Gasteiger partial charge in [-0.15, -0.1) is 0 Å². The van der Waals surface area contributed by atoms with Crippen LogP contribution in [0, 0.1) is 12.7 Å². The van der Waals surface area contributed by atoms with Crippen molar-refractivity contribution in [2.75, 3.05) is 0 Å². The smallest absolute Gasteiger partial charge is 0.253 e. The highest BCUT2D eigenvalue weighted by atomic mass is 19.1. The number of hydrogen-bond donors (Lipinski definition) is 1. The molecule has 1 amide bonds. The third-order valence-electron chi connectivity index (χ3n) is 4.94. The predicted molar refractivity (Wildman–Crippen MR) is 104 cm³/mol. The lowest BCUT2D eigenvalue weighted by Crippen LogP contribution is -2.27. The summed E-state index contributed by atoms with van der Waals surface area (Å²) in [6.45, 7) is 3.91. The van der Waals surface area contributed by atoms with E-state index in [0.717, 1.165) is 22.5 Å². The Kier molecular flexibility index (Phi) is 4.43. The van der Waals surface area contributed by atoms with Crippen LogP contribution in [0.2, 0.25) is 0 Å². The molecule has 0 aliphatic heterocycles. The maximum absolute atomic E-state index is 13.1. The molecule has 0 saturated heterocycles. The summed E-state index contributed by atoms with van der Waals surface area (Å²) in [6.07, 6.45) is 5.34. The van der Waals surface area contributed by atoms with Gasteiger partial charge in [0.2, 0.25) is 0 Å². The molecular weight excluding hydrogens is 357 g/mol. The first-order chi connectivity index (χ1) is 13.4. The van der Waals surface area contributed by atoms with Crippen LogP contribution in [0.3, 0.4) is 0 Å². The first-order valence-electron chi connectivity index (χ1n) is 8.96. The molecule has 3 aromatic heterocycles. The van der Waals surface area contributed by atoms with E-state index >= 15 is 0 Å². The number of carbonyl (C=O) groups excluding carboxylic acids is 1. The summed E-state index contributed by atoms with van der Waals surface area (Å²) in [5.41, 5.74) is 4.78. The zero-order valence-corrected chi connectivity index (χ0v) is 15.8. The van der Waals surface area contributed by atoms with Crippen LogP contribution in [0.15, 0.2) is 55.0 Å². The lowest BCUT2D eigenvalue weighted by molar-refractivity contribution is 0.0939. The van der Waals surface area contributed by atoms with Crippen LogP contribution in [0.4, 0.5) is 4.39 Å². The Hall–Kier alpha value is -3.48. The third kappa shape index (κ3) is 3.26. The van der Waals surface area contributed by atoms with Gasteiger partial charge in [-0.2, -0.15) is 5.10 Å². The van der Waals surface area contributed by atoms with Gasteiger partial charge in [0.1, 0.15) is 11.5 Å². The average Bonchev–Trinajstić information content (AvgIpc) is 3.25. The van der Waals surface area contributed by atoms with E-state index in [1.54, 1.807) is 45.7 Å². The number of nitrogens with one attached hydrogen (secondary N) is 1. The van der Waals surface area contributed by atoms with Crippen LogP contribution in [0.25, 0.3) is 16.9 Å². The number of aryl methyl sites for hydroxylation is 1. The number of hydrogen-bond acceptors (Lipinski definition) is 3. The molecule has 1 N–H and O–H groups in total. The molecule has 0 bridgehead atoms. The Morgan fingerprint density at radius 3 is 2.57 bits per heavy atom. The second-order valence-electron chi connectivity index (χ2n) is 6.82. The predicted octanol–water partition coefficient (Wildman–Crippen LogP) is 3.67. The van der Waals surface area contributed by atoms with Crippen molar-refractivity contribution in [2.24, 2.45) is 7.05 Å². The minimum atomic E-state index is -0.288. The molecule has 0 radical (unpaired) electrons. The van der Waals surface area contributed by atoms with E-state index in [0.29, 0.717) is 11.2 Å². The van der Waals surface area contributed by atoms with Crippen molar-refractivity contribution in [3.8, 4) is 11.3 Å². The minimum absolute atomic E-state index is 0.158. The van der Waals surface area contributed by atoms with E-state index in [1.807, 2.05) is 27.1 Å². The van der Waals surface area contributed by atoms with E-state index in [1.165, 1.54) is 12.1 Å². The average molecular weight is 377 g/mol. The summed E-state index contributed by atoms with van der Waals surface area (Å²) in [7, 11) is 1.87. The summed E-state index contributed by atoms with van der Waals surface area (Å²) >= 11 is 0. The van der Waals surface area contributed by atoms with Crippen molar-refractivity contribution in [3.63, 3.8) is 0 Å². The molecule has 28 heavy (non-hydrogen) atoms. The summed E-state index contributed by atoms with van der Waals surface area (Å²) in [5, 5.41) is 7.23. The zero-order valence-electron chi connectivity index (χ0n) is 15.8. The van der Waals surface area contributed by atoms with Crippen molar-refractivity contribution in [1.29, 1.82) is 0 Å². The molecule has 7 heteroatoms. The largest absolute Gasteiger partial charge is 0.345 e. The molecule has 0 fully saturated rings. The van der Waals surface area contributed by atoms with E-state index in [9.17, 15) is 9.18 Å². The molecule has 3 heterocycles. The molecule has 6 nitrogen and oxygen atoms in total. The van der Waals surface area contributed by atoms with Crippen molar-refractivity contribution in [3.05, 3.63) is 77.6 Å². The fourth-order valence-corrected chi connectivity index (χ4v) is 3.18. The number of imidazole rings is 1. The Balaban J connectivity index is 1.57. The second kappa shape index (κ2) is 6.92. The van der Waals surface area contributed by atoms with Gasteiger partial charge >= 0.3 is 0 Å². The van der Waals surface area contributed by atoms with Crippen LogP contribution in [-0.4, -0.2) is 25.1 Å². The quantitative estimate of drug-likeness (QED) is 0.590. The monoisotopic (exact) mass is 377 g/mol. The molecule has 4 aromatic rings. The Labute approximate surface area is 161 Å². The number of benzene rings is 1. The van der Waals surface area contributed by atoms with Crippen LogP contribution in [-0.2, 0) is 7.05 Å². The fraction of sp³-hybridized carbons (Fsp3) is 0.190. The fourth-order valence-electron chi connectivity index (χ4n) is 3.18. The third-order valence-corrected chi connectivity index (χ3v) is 4.94. The molecular formula is C21H20FN5O. The lowest BCUT2D eigenvalue weighted by atomic mass is 10.1. The van der Waals surface area contributed by atoms with Crippen LogP contribution in [0.5, 0.6) is 0 Å². The molecule has 1 atom stereocenters. The Bertz CT molecular complexity index is 1160. The van der Waals surface area contributed by atoms with Gasteiger partial charge in [-0.25, -0.2) is 9.37 Å². The number of fused-ring (bicyclic) bond motifs is 1. The van der Waals surface area contributed by atoms with Gasteiger partial charge in [0.15, 0.2) is 0 Å². The molecule has 142 valence electrons. The number of halogens is 1. The van der Waals surface area contributed by atoms with Gasteiger partial charge < -0.3 is 9.72 Å². The van der Waals surface area contributed by atoms with E-state index in [4.69, 9.17) is 0 Å². The standard InChI is InChI=1S/C21H20FN5O/c1-13(18-10-23-26(3)14(18)2)24-21(28)16-6-9-20-25-19(12-27(20)11-16)15-4-7-17(22)8-5-15/h4-13H,1-3H3,(H,24,28). The van der Waals surface area contributed by atoms with Gasteiger partial charge in [0.05, 0.1) is 23.5 Å². The molecule has 1 unspecified atom stereocenters. The highest BCUT2D eigenvalue weighted by Gasteiger charge is 2.16. The molecule has 0 saturated carbocycles. The zero-order chi connectivity index (χ0) is 19.8. The Morgan fingerprint density at radius 2 is 1.89 bits per heavy atom. The molecule has 0 spiro atoms. The van der Waals surface area contributed by atoms with Crippen LogP contribution in [0.1, 0.15) is 34.6 Å². The Morgan fingerprint density at radius 1 is 1.14 bits per heavy atom. The van der Waals surface area contributed by atoms with E-state index < -0.39 is 0 Å². The molecule has 1 aromatic carbocycles. The van der Waals surface area contributed by atoms with Crippen LogP contribution < -0.4 is 5.32 Å². The number of amides is 1. The lowest BCUT2D eigenvalue weighted by Gasteiger charge is -2.14. The maximum atomic E-state index is 13.1. The van der Waals surface area contributed by atoms with Crippen molar-refractivity contribution < 1.29 is 9.18 Å². The van der Waals surface area contributed by atoms with Gasteiger partial charge in [-0.3, -0.25) is 9.48 Å². The topological polar surface area (TPSA) is 64.2 Å². The highest BCUT2D eigenvalue weighted by molar-refractivity contribution is 5.94. The van der Waals surface area contributed by atoms with Crippen molar-refractivity contribution in [1.82, 2.24) is 24.5 Å². The van der Waals surface area contributed by atoms with E-state index in [2.05, 4.69) is 15.4 Å². The van der Waals surface area contributed by atoms with Crippen molar-refractivity contribution in [2.45, 2.75) is 19.9 Å².